The van der Waals surface area contributed by atoms with Crippen LogP contribution < -0.4 is 5.32 Å². The molecule has 1 unspecified atom stereocenters. The van der Waals surface area contributed by atoms with Crippen molar-refractivity contribution in [3.05, 3.63) is 35.9 Å². The first kappa shape index (κ1) is 16.5. The second-order valence-corrected chi connectivity index (χ2v) is 8.01. The van der Waals surface area contributed by atoms with E-state index in [4.69, 9.17) is 0 Å². The molecule has 2 heteroatoms. The van der Waals surface area contributed by atoms with Gasteiger partial charge < -0.3 is 10.2 Å². The van der Waals surface area contributed by atoms with E-state index >= 15 is 0 Å². The Kier molecular flexibility index (Phi) is 5.11. The molecule has 118 valence electrons. The van der Waals surface area contributed by atoms with Gasteiger partial charge in [-0.25, -0.2) is 0 Å². The lowest BCUT2D eigenvalue weighted by molar-refractivity contribution is 0.148. The van der Waals surface area contributed by atoms with Crippen molar-refractivity contribution in [1.29, 1.82) is 0 Å². The maximum atomic E-state index is 3.71. The van der Waals surface area contributed by atoms with E-state index in [1.807, 2.05) is 0 Å². The molecule has 0 saturated carbocycles. The molecule has 0 aliphatic carbocycles. The van der Waals surface area contributed by atoms with E-state index in [1.165, 1.54) is 25.1 Å². The molecule has 1 saturated heterocycles. The predicted octanol–water partition coefficient (Wildman–Crippen LogP) is 4.10. The van der Waals surface area contributed by atoms with Crippen LogP contribution in [0.25, 0.3) is 0 Å². The van der Waals surface area contributed by atoms with Gasteiger partial charge in [-0.15, -0.1) is 0 Å². The van der Waals surface area contributed by atoms with Crippen molar-refractivity contribution in [3.8, 4) is 0 Å². The van der Waals surface area contributed by atoms with E-state index in [2.05, 4.69) is 75.2 Å². The van der Waals surface area contributed by atoms with Crippen molar-refractivity contribution < 1.29 is 0 Å². The molecule has 2 rings (SSSR count). The quantitative estimate of drug-likeness (QED) is 0.848. The second kappa shape index (κ2) is 6.50. The van der Waals surface area contributed by atoms with Crippen LogP contribution in [0.1, 0.15) is 52.6 Å². The molecule has 0 spiro atoms. The Morgan fingerprint density at radius 1 is 1.24 bits per heavy atom. The fraction of sp³-hybridized carbons (Fsp3) is 0.684. The highest BCUT2D eigenvalue weighted by molar-refractivity contribution is 5.21. The van der Waals surface area contributed by atoms with Crippen LogP contribution in [0.5, 0.6) is 0 Å². The zero-order valence-electron chi connectivity index (χ0n) is 14.4. The minimum Gasteiger partial charge on any atom is -0.310 e. The van der Waals surface area contributed by atoms with Gasteiger partial charge in [0.1, 0.15) is 0 Å². The summed E-state index contributed by atoms with van der Waals surface area (Å²) in [6.45, 7) is 16.4. The standard InChI is InChI=1S/C19H32N2/c1-6-20-17(16-10-8-7-9-11-16)19(4,5)15-21-13-12-18(2,3)14-21/h7-11,17,20H,6,12-15H2,1-5H3. The van der Waals surface area contributed by atoms with Crippen molar-refractivity contribution >= 4 is 0 Å². The van der Waals surface area contributed by atoms with Crippen LogP contribution in [-0.4, -0.2) is 31.1 Å². The number of rotatable bonds is 6. The fourth-order valence-electron chi connectivity index (χ4n) is 3.72. The Labute approximate surface area is 130 Å². The average molecular weight is 288 g/mol. The van der Waals surface area contributed by atoms with E-state index in [9.17, 15) is 0 Å². The van der Waals surface area contributed by atoms with Crippen LogP contribution >= 0.6 is 0 Å². The summed E-state index contributed by atoms with van der Waals surface area (Å²) in [6, 6.07) is 11.3. The summed E-state index contributed by atoms with van der Waals surface area (Å²) in [5.74, 6) is 0. The minimum atomic E-state index is 0.220. The van der Waals surface area contributed by atoms with Gasteiger partial charge >= 0.3 is 0 Å². The van der Waals surface area contributed by atoms with Gasteiger partial charge in [-0.05, 0) is 35.9 Å². The predicted molar refractivity (Wildman–Crippen MR) is 91.5 cm³/mol. The lowest BCUT2D eigenvalue weighted by Crippen LogP contribution is -2.42. The largest absolute Gasteiger partial charge is 0.310 e. The normalized spacial score (nSPS) is 20.6. The minimum absolute atomic E-state index is 0.220. The molecule has 1 aliphatic rings. The van der Waals surface area contributed by atoms with Crippen molar-refractivity contribution in [1.82, 2.24) is 10.2 Å². The highest BCUT2D eigenvalue weighted by atomic mass is 15.2. The van der Waals surface area contributed by atoms with E-state index in [1.54, 1.807) is 0 Å². The Morgan fingerprint density at radius 2 is 1.90 bits per heavy atom. The summed E-state index contributed by atoms with van der Waals surface area (Å²) in [5.41, 5.74) is 2.11. The Hall–Kier alpha value is -0.860. The van der Waals surface area contributed by atoms with Gasteiger partial charge in [0.25, 0.3) is 0 Å². The third kappa shape index (κ3) is 4.31. The summed E-state index contributed by atoms with van der Waals surface area (Å²) in [6.07, 6.45) is 1.32. The Morgan fingerprint density at radius 3 is 2.43 bits per heavy atom. The number of hydrogen-bond donors (Lipinski definition) is 1. The molecule has 2 nitrogen and oxygen atoms in total. The molecular weight excluding hydrogens is 256 g/mol. The van der Waals surface area contributed by atoms with E-state index in [0.717, 1.165) is 13.1 Å². The molecular formula is C19H32N2. The van der Waals surface area contributed by atoms with Crippen LogP contribution in [-0.2, 0) is 0 Å². The summed E-state index contributed by atoms with van der Waals surface area (Å²) in [7, 11) is 0. The zero-order valence-corrected chi connectivity index (χ0v) is 14.4. The third-order valence-electron chi connectivity index (χ3n) is 4.71. The van der Waals surface area contributed by atoms with Crippen molar-refractivity contribution in [3.63, 3.8) is 0 Å². The monoisotopic (exact) mass is 288 g/mol. The Balaban J connectivity index is 2.11. The highest BCUT2D eigenvalue weighted by Gasteiger charge is 2.36. The molecule has 1 heterocycles. The molecule has 1 fully saturated rings. The maximum absolute atomic E-state index is 3.71. The molecule has 21 heavy (non-hydrogen) atoms. The molecule has 1 N–H and O–H groups in total. The van der Waals surface area contributed by atoms with Gasteiger partial charge in [0, 0.05) is 19.1 Å². The van der Waals surface area contributed by atoms with Crippen molar-refractivity contribution in [2.45, 2.75) is 47.1 Å². The molecule has 0 radical (unpaired) electrons. The smallest absolute Gasteiger partial charge is 0.0384 e. The average Bonchev–Trinajstić information content (AvgIpc) is 2.75. The molecule has 1 atom stereocenters. The van der Waals surface area contributed by atoms with Crippen LogP contribution in [0.2, 0.25) is 0 Å². The van der Waals surface area contributed by atoms with Crippen LogP contribution in [0, 0.1) is 10.8 Å². The van der Waals surface area contributed by atoms with Crippen LogP contribution in [0.4, 0.5) is 0 Å². The molecule has 0 bridgehead atoms. The summed E-state index contributed by atoms with van der Waals surface area (Å²) >= 11 is 0. The highest BCUT2D eigenvalue weighted by Crippen LogP contribution is 2.37. The van der Waals surface area contributed by atoms with E-state index < -0.39 is 0 Å². The second-order valence-electron chi connectivity index (χ2n) is 8.01. The lowest BCUT2D eigenvalue weighted by atomic mass is 9.79. The van der Waals surface area contributed by atoms with Gasteiger partial charge in [-0.3, -0.25) is 0 Å². The summed E-state index contributed by atoms with van der Waals surface area (Å²) < 4.78 is 0. The Bertz CT molecular complexity index is 436. The lowest BCUT2D eigenvalue weighted by Gasteiger charge is -2.38. The fourth-order valence-corrected chi connectivity index (χ4v) is 3.72. The van der Waals surface area contributed by atoms with Crippen molar-refractivity contribution in [2.75, 3.05) is 26.2 Å². The zero-order chi connectivity index (χ0) is 15.5. The number of likely N-dealkylation sites (tertiary alicyclic amines) is 1. The number of nitrogens with one attached hydrogen (secondary N) is 1. The third-order valence-corrected chi connectivity index (χ3v) is 4.71. The van der Waals surface area contributed by atoms with Gasteiger partial charge in [-0.2, -0.15) is 0 Å². The maximum Gasteiger partial charge on any atom is 0.0384 e. The molecule has 0 amide bonds. The summed E-state index contributed by atoms with van der Waals surface area (Å²) in [4.78, 5) is 2.65. The topological polar surface area (TPSA) is 15.3 Å². The SMILES string of the molecule is CCNC(c1ccccc1)C(C)(C)CN1CCC(C)(C)C1. The number of nitrogens with zero attached hydrogens (tertiary/aromatic N) is 1. The molecule has 1 aromatic rings. The van der Waals surface area contributed by atoms with Gasteiger partial charge in [0.05, 0.1) is 0 Å². The van der Waals surface area contributed by atoms with Gasteiger partial charge in [0.2, 0.25) is 0 Å². The number of benzene rings is 1. The molecule has 1 aliphatic heterocycles. The van der Waals surface area contributed by atoms with Gasteiger partial charge in [-0.1, -0.05) is 65.0 Å². The van der Waals surface area contributed by atoms with Crippen LogP contribution in [0.3, 0.4) is 0 Å². The van der Waals surface area contributed by atoms with E-state index in [-0.39, 0.29) is 5.41 Å². The molecule has 0 aromatic heterocycles. The summed E-state index contributed by atoms with van der Waals surface area (Å²) in [5, 5.41) is 3.71. The van der Waals surface area contributed by atoms with Gasteiger partial charge in [0.15, 0.2) is 0 Å². The number of hydrogen-bond acceptors (Lipinski definition) is 2. The molecule has 1 aromatic carbocycles. The first-order valence-electron chi connectivity index (χ1n) is 8.35. The van der Waals surface area contributed by atoms with Crippen LogP contribution in [0.15, 0.2) is 30.3 Å². The first-order chi connectivity index (χ1) is 9.84. The van der Waals surface area contributed by atoms with E-state index in [0.29, 0.717) is 11.5 Å². The van der Waals surface area contributed by atoms with Crippen molar-refractivity contribution in [2.24, 2.45) is 10.8 Å². The first-order valence-corrected chi connectivity index (χ1v) is 8.35.